The maximum atomic E-state index is 7.88. The van der Waals surface area contributed by atoms with Crippen LogP contribution in [0, 0.1) is 5.41 Å². The smallest absolute Gasteiger partial charge is 0.332 e. The summed E-state index contributed by atoms with van der Waals surface area (Å²) < 4.78 is 4.61. The minimum absolute atomic E-state index is 0. The fraction of sp³-hybridized carbons (Fsp3) is 0.308. The number of nitrogens with two attached hydrogens (primary N) is 2. The largest absolute Gasteiger partial charge is 0.497 e. The van der Waals surface area contributed by atoms with Crippen LogP contribution in [0.25, 0.3) is 0 Å². The van der Waals surface area contributed by atoms with Gasteiger partial charge in [0.25, 0.3) is 0 Å². The van der Waals surface area contributed by atoms with Gasteiger partial charge in [-0.25, -0.2) is 5.41 Å². The van der Waals surface area contributed by atoms with E-state index in [1.54, 1.807) is 31.4 Å². The molecule has 0 aliphatic heterocycles. The lowest BCUT2D eigenvalue weighted by molar-refractivity contribution is 0.414. The Balaban J connectivity index is 0.00000400. The van der Waals surface area contributed by atoms with Gasteiger partial charge in [-0.3, -0.25) is 0 Å². The van der Waals surface area contributed by atoms with Crippen molar-refractivity contribution in [2.24, 2.45) is 16.6 Å². The predicted molar refractivity (Wildman–Crippen MR) is 94.1 cm³/mol. The van der Waals surface area contributed by atoms with Crippen LogP contribution in [-0.2, 0) is 0 Å². The first kappa shape index (κ1) is 19.3. The number of nitrogens with zero attached hydrogens (tertiary/aromatic N) is 2. The number of nitrogens with one attached hydrogen (secondary N) is 1. The summed E-state index contributed by atoms with van der Waals surface area (Å²) in [6.07, 6.45) is 0.714. The maximum Gasteiger partial charge on any atom is 0.332 e. The van der Waals surface area contributed by atoms with E-state index < -0.39 is 4.59 Å². The van der Waals surface area contributed by atoms with Gasteiger partial charge in [-0.05, 0) is 30.1 Å². The molecule has 1 aromatic carbocycles. The van der Waals surface area contributed by atoms with Crippen molar-refractivity contribution in [3.05, 3.63) is 24.3 Å². The number of halogens is 1. The number of rotatable bonds is 4. The van der Waals surface area contributed by atoms with Crippen molar-refractivity contribution in [2.45, 2.75) is 20.3 Å². The lowest BCUT2D eigenvalue weighted by atomic mass is 10.2. The van der Waals surface area contributed by atoms with Crippen molar-refractivity contribution in [3.63, 3.8) is 0 Å². The molecule has 1 atom stereocenters. The molecule has 0 saturated carbocycles. The summed E-state index contributed by atoms with van der Waals surface area (Å²) in [7, 11) is 1.58. The number of methoxy groups -OCH3 is 1. The van der Waals surface area contributed by atoms with Gasteiger partial charge in [0.1, 0.15) is 5.75 Å². The number of ether oxygens (including phenoxy) is 1. The van der Waals surface area contributed by atoms with Gasteiger partial charge in [-0.15, -0.1) is 12.4 Å². The fourth-order valence-corrected chi connectivity index (χ4v) is 1.92. The molecule has 0 aliphatic rings. The highest BCUT2D eigenvalue weighted by Gasteiger charge is 2.40. The molecule has 8 heteroatoms. The normalized spacial score (nSPS) is 13.8. The Morgan fingerprint density at radius 1 is 1.33 bits per heavy atom. The van der Waals surface area contributed by atoms with Crippen molar-refractivity contribution in [3.8, 4) is 5.75 Å². The van der Waals surface area contributed by atoms with E-state index in [9.17, 15) is 0 Å². The van der Waals surface area contributed by atoms with E-state index in [2.05, 4.69) is 5.10 Å². The number of benzene rings is 1. The van der Waals surface area contributed by atoms with E-state index in [0.717, 1.165) is 5.71 Å². The Morgan fingerprint density at radius 2 is 1.86 bits per heavy atom. The van der Waals surface area contributed by atoms with E-state index in [1.807, 2.05) is 13.8 Å². The SMILES string of the molecule is CC/C(C)=N/[N+](C(=N)N)(C(N)=S)c1ccc(OC)cc1.Cl. The molecule has 0 amide bonds. The minimum atomic E-state index is -0.501. The van der Waals surface area contributed by atoms with Gasteiger partial charge in [-0.2, -0.15) is 0 Å². The van der Waals surface area contributed by atoms with Crippen molar-refractivity contribution in [2.75, 3.05) is 7.11 Å². The van der Waals surface area contributed by atoms with Crippen LogP contribution in [0.3, 0.4) is 0 Å². The second-order valence-electron chi connectivity index (χ2n) is 4.25. The first-order chi connectivity index (χ1) is 9.38. The Kier molecular flexibility index (Phi) is 7.28. The highest BCUT2D eigenvalue weighted by Crippen LogP contribution is 2.27. The zero-order valence-electron chi connectivity index (χ0n) is 12.3. The van der Waals surface area contributed by atoms with E-state index in [1.165, 1.54) is 0 Å². The average molecular weight is 331 g/mol. The van der Waals surface area contributed by atoms with Crippen molar-refractivity contribution >= 4 is 47.1 Å². The minimum Gasteiger partial charge on any atom is -0.497 e. The molecule has 5 N–H and O–H groups in total. The van der Waals surface area contributed by atoms with Crippen LogP contribution in [0.4, 0.5) is 5.69 Å². The molecule has 0 spiro atoms. The summed E-state index contributed by atoms with van der Waals surface area (Å²) in [4.78, 5) is 0. The standard InChI is InChI=1S/C13H19N5OS.ClH/c1-4-9(2)17-18(12(14)15,13(16)20)10-5-7-11(19-3)8-6-10;/h5-8H,4H2,1-3H3,(H4-,14,15,16,20);1H/p+1/b17-9+;. The van der Waals surface area contributed by atoms with Gasteiger partial charge < -0.3 is 16.2 Å². The zero-order chi connectivity index (χ0) is 15.3. The fourth-order valence-electron chi connectivity index (χ4n) is 1.67. The second-order valence-corrected chi connectivity index (χ2v) is 4.66. The summed E-state index contributed by atoms with van der Waals surface area (Å²) in [6, 6.07) is 6.98. The van der Waals surface area contributed by atoms with Crippen molar-refractivity contribution < 1.29 is 4.74 Å². The van der Waals surface area contributed by atoms with E-state index >= 15 is 0 Å². The molecule has 1 unspecified atom stereocenters. The Bertz CT molecular complexity index is 530. The van der Waals surface area contributed by atoms with E-state index in [4.69, 9.17) is 33.8 Å². The van der Waals surface area contributed by atoms with Crippen LogP contribution in [0.2, 0.25) is 0 Å². The molecule has 0 saturated heterocycles. The Labute approximate surface area is 136 Å². The van der Waals surface area contributed by atoms with E-state index in [-0.39, 0.29) is 23.5 Å². The van der Waals surface area contributed by atoms with Gasteiger partial charge >= 0.3 is 11.1 Å². The highest BCUT2D eigenvalue weighted by atomic mass is 35.5. The lowest BCUT2D eigenvalue weighted by Gasteiger charge is -2.27. The molecule has 0 fully saturated rings. The van der Waals surface area contributed by atoms with Gasteiger partial charge in [0.05, 0.1) is 12.8 Å². The van der Waals surface area contributed by atoms with Crippen molar-refractivity contribution in [1.82, 2.24) is 4.59 Å². The molecule has 0 heterocycles. The van der Waals surface area contributed by atoms with Crippen LogP contribution in [0.1, 0.15) is 20.3 Å². The summed E-state index contributed by atoms with van der Waals surface area (Å²) in [5.41, 5.74) is 12.9. The molecule has 0 bridgehead atoms. The van der Waals surface area contributed by atoms with Crippen LogP contribution < -0.4 is 20.8 Å². The van der Waals surface area contributed by atoms with Gasteiger partial charge in [0.2, 0.25) is 0 Å². The second kappa shape index (κ2) is 7.92. The summed E-state index contributed by atoms with van der Waals surface area (Å²) in [6.45, 7) is 3.80. The number of hydrogen-bond donors (Lipinski definition) is 3. The summed E-state index contributed by atoms with van der Waals surface area (Å²) in [5.74, 6) is 0.435. The third-order valence-electron chi connectivity index (χ3n) is 2.95. The van der Waals surface area contributed by atoms with E-state index in [0.29, 0.717) is 17.9 Å². The van der Waals surface area contributed by atoms with Gasteiger partial charge in [0, 0.05) is 24.4 Å². The molecular formula is C13H21ClN5OS+. The number of quaternary nitrogens is 1. The van der Waals surface area contributed by atoms with Gasteiger partial charge in [-0.1, -0.05) is 12.0 Å². The first-order valence-electron chi connectivity index (χ1n) is 6.12. The van der Waals surface area contributed by atoms with Gasteiger partial charge in [0.15, 0.2) is 5.69 Å². The number of guanidine groups is 1. The highest BCUT2D eigenvalue weighted by molar-refractivity contribution is 7.80. The van der Waals surface area contributed by atoms with Crippen LogP contribution in [0.5, 0.6) is 5.75 Å². The third-order valence-corrected chi connectivity index (χ3v) is 3.21. The first-order valence-corrected chi connectivity index (χ1v) is 6.53. The third kappa shape index (κ3) is 3.90. The van der Waals surface area contributed by atoms with Crippen LogP contribution in [-0.4, -0.2) is 23.9 Å². The molecule has 116 valence electrons. The predicted octanol–water partition coefficient (Wildman–Crippen LogP) is 2.35. The molecule has 6 nitrogen and oxygen atoms in total. The van der Waals surface area contributed by atoms with Crippen molar-refractivity contribution in [1.29, 1.82) is 5.41 Å². The number of hydrogen-bond acceptors (Lipinski definition) is 4. The zero-order valence-corrected chi connectivity index (χ0v) is 13.9. The maximum absolute atomic E-state index is 7.88. The molecule has 0 aliphatic carbocycles. The topological polar surface area (TPSA) is 97.5 Å². The Morgan fingerprint density at radius 3 is 2.19 bits per heavy atom. The Hall–Kier alpha value is -1.70. The molecule has 1 rings (SSSR count). The molecule has 1 aromatic rings. The summed E-state index contributed by atoms with van der Waals surface area (Å²) in [5, 5.41) is 12.3. The quantitative estimate of drug-likeness (QED) is 0.259. The molecular weight excluding hydrogens is 310 g/mol. The molecule has 21 heavy (non-hydrogen) atoms. The monoisotopic (exact) mass is 330 g/mol. The number of thiocarbonyl (C=S) groups is 1. The average Bonchev–Trinajstić information content (AvgIpc) is 2.43. The van der Waals surface area contributed by atoms with Crippen LogP contribution in [0.15, 0.2) is 29.4 Å². The van der Waals surface area contributed by atoms with Crippen LogP contribution >= 0.6 is 24.6 Å². The molecule has 0 radical (unpaired) electrons. The lowest BCUT2D eigenvalue weighted by Crippen LogP contribution is -2.60. The summed E-state index contributed by atoms with van der Waals surface area (Å²) >= 11 is 5.11. The molecule has 0 aromatic heterocycles.